The van der Waals surface area contributed by atoms with Gasteiger partial charge in [0.25, 0.3) is 0 Å². The molecule has 0 aliphatic heterocycles. The molecule has 0 unspecified atom stereocenters. The number of esters is 1. The highest BCUT2D eigenvalue weighted by Crippen LogP contribution is 2.17. The van der Waals surface area contributed by atoms with E-state index in [1.807, 2.05) is 13.8 Å². The number of carbonyl (C=O) groups excluding carboxylic acids is 1. The molecule has 59 valence electrons. The molecule has 1 radical (unpaired) electrons. The summed E-state index contributed by atoms with van der Waals surface area (Å²) in [5, 5.41) is 0. The Morgan fingerprint density at radius 2 is 2.10 bits per heavy atom. The third kappa shape index (κ3) is 7.47. The molecule has 0 aromatic carbocycles. The first-order valence-electron chi connectivity index (χ1n) is 3.40. The van der Waals surface area contributed by atoms with E-state index >= 15 is 0 Å². The molecule has 0 saturated carbocycles. The fourth-order valence-electron chi connectivity index (χ4n) is 0.471. The Bertz CT molecular complexity index is 111. The lowest BCUT2D eigenvalue weighted by Crippen LogP contribution is -2.11. The minimum absolute atomic E-state index is 0.00938. The topological polar surface area (TPSA) is 26.3 Å². The van der Waals surface area contributed by atoms with Crippen LogP contribution in [0.5, 0.6) is 0 Å². The second kappa shape index (κ2) is 3.59. The summed E-state index contributed by atoms with van der Waals surface area (Å²) in [6.45, 7) is 9.79. The molecule has 0 aliphatic rings. The molecule has 0 aromatic heterocycles. The van der Waals surface area contributed by atoms with Crippen molar-refractivity contribution in [2.45, 2.75) is 27.2 Å². The van der Waals surface area contributed by atoms with E-state index in [1.54, 1.807) is 0 Å². The molecule has 2 heteroatoms. The summed E-state index contributed by atoms with van der Waals surface area (Å²) >= 11 is 0. The third-order valence-electron chi connectivity index (χ3n) is 1.08. The normalized spacial score (nSPS) is 11.2. The molecule has 0 rings (SSSR count). The number of rotatable bonds is 3. The zero-order chi connectivity index (χ0) is 8.20. The molecule has 0 aromatic rings. The van der Waals surface area contributed by atoms with Gasteiger partial charge in [-0.15, -0.1) is 0 Å². The minimum Gasteiger partial charge on any atom is -0.466 e. The first-order valence-corrected chi connectivity index (χ1v) is 3.40. The first-order chi connectivity index (χ1) is 4.42. The summed E-state index contributed by atoms with van der Waals surface area (Å²) in [6, 6.07) is 0. The summed E-state index contributed by atoms with van der Waals surface area (Å²) in [5.74, 6) is -0.218. The average molecular weight is 143 g/mol. The van der Waals surface area contributed by atoms with Gasteiger partial charge in [0, 0.05) is 6.92 Å². The van der Waals surface area contributed by atoms with E-state index in [2.05, 4.69) is 6.92 Å². The van der Waals surface area contributed by atoms with E-state index in [9.17, 15) is 4.79 Å². The Balaban J connectivity index is 3.29. The predicted molar refractivity (Wildman–Crippen MR) is 40.4 cm³/mol. The Hall–Kier alpha value is -0.530. The van der Waals surface area contributed by atoms with Crippen LogP contribution in [-0.4, -0.2) is 12.6 Å². The quantitative estimate of drug-likeness (QED) is 0.563. The van der Waals surface area contributed by atoms with Crippen LogP contribution in [-0.2, 0) is 9.53 Å². The largest absolute Gasteiger partial charge is 0.466 e. The summed E-state index contributed by atoms with van der Waals surface area (Å²) in [4.78, 5) is 10.3. The Morgan fingerprint density at radius 1 is 1.60 bits per heavy atom. The maximum absolute atomic E-state index is 10.3. The standard InChI is InChI=1S/C8H15O2/c1-7(9)10-6-5-8(2,3)4/h2,5-6H2,1,3-4H3. The SMILES string of the molecule is [CH2]C(C)(C)CCOC(C)=O. The lowest BCUT2D eigenvalue weighted by molar-refractivity contribution is -0.141. The van der Waals surface area contributed by atoms with Crippen LogP contribution in [0.1, 0.15) is 27.2 Å². The smallest absolute Gasteiger partial charge is 0.302 e. The summed E-state index contributed by atoms with van der Waals surface area (Å²) < 4.78 is 4.74. The molecule has 0 heterocycles. The molecule has 10 heavy (non-hydrogen) atoms. The minimum atomic E-state index is -0.218. The monoisotopic (exact) mass is 143 g/mol. The van der Waals surface area contributed by atoms with Gasteiger partial charge in [-0.1, -0.05) is 13.8 Å². The van der Waals surface area contributed by atoms with E-state index in [1.165, 1.54) is 6.92 Å². The van der Waals surface area contributed by atoms with E-state index < -0.39 is 0 Å². The molecular formula is C8H15O2. The molecule has 0 amide bonds. The zero-order valence-corrected chi connectivity index (χ0v) is 6.94. The van der Waals surface area contributed by atoms with Gasteiger partial charge in [-0.2, -0.15) is 0 Å². The van der Waals surface area contributed by atoms with Crippen molar-refractivity contribution in [3.8, 4) is 0 Å². The van der Waals surface area contributed by atoms with Crippen molar-refractivity contribution in [3.05, 3.63) is 6.92 Å². The van der Waals surface area contributed by atoms with E-state index in [0.717, 1.165) is 6.42 Å². The third-order valence-corrected chi connectivity index (χ3v) is 1.08. The van der Waals surface area contributed by atoms with Gasteiger partial charge in [-0.25, -0.2) is 0 Å². The van der Waals surface area contributed by atoms with Gasteiger partial charge in [-0.3, -0.25) is 4.79 Å². The number of hydrogen-bond donors (Lipinski definition) is 0. The van der Waals surface area contributed by atoms with Gasteiger partial charge in [0.15, 0.2) is 0 Å². The van der Waals surface area contributed by atoms with Crippen molar-refractivity contribution < 1.29 is 9.53 Å². The maximum atomic E-state index is 10.3. The van der Waals surface area contributed by atoms with E-state index in [4.69, 9.17) is 4.74 Å². The Morgan fingerprint density at radius 3 is 2.40 bits per heavy atom. The molecule has 0 aliphatic carbocycles. The lowest BCUT2D eigenvalue weighted by Gasteiger charge is -2.16. The Labute approximate surface area is 62.6 Å². The Kier molecular flexibility index (Phi) is 3.40. The van der Waals surface area contributed by atoms with Crippen molar-refractivity contribution in [2.24, 2.45) is 5.41 Å². The van der Waals surface area contributed by atoms with Crippen LogP contribution in [0.3, 0.4) is 0 Å². The summed E-state index contributed by atoms with van der Waals surface area (Å²) in [7, 11) is 0. The molecule has 0 spiro atoms. The van der Waals surface area contributed by atoms with Crippen molar-refractivity contribution >= 4 is 5.97 Å². The van der Waals surface area contributed by atoms with Crippen molar-refractivity contribution in [2.75, 3.05) is 6.61 Å². The van der Waals surface area contributed by atoms with Crippen LogP contribution < -0.4 is 0 Å². The van der Waals surface area contributed by atoms with Gasteiger partial charge in [0.2, 0.25) is 0 Å². The molecule has 0 N–H and O–H groups in total. The predicted octanol–water partition coefficient (Wildman–Crippen LogP) is 1.80. The van der Waals surface area contributed by atoms with Crippen molar-refractivity contribution in [1.29, 1.82) is 0 Å². The molecule has 0 saturated heterocycles. The summed E-state index contributed by atoms with van der Waals surface area (Å²) in [5.41, 5.74) is 0.00938. The van der Waals surface area contributed by atoms with Gasteiger partial charge in [0.05, 0.1) is 6.61 Å². The van der Waals surface area contributed by atoms with Crippen LogP contribution in [0, 0.1) is 12.3 Å². The maximum Gasteiger partial charge on any atom is 0.302 e. The van der Waals surface area contributed by atoms with Crippen molar-refractivity contribution in [3.63, 3.8) is 0 Å². The highest BCUT2D eigenvalue weighted by Gasteiger charge is 2.09. The molecule has 0 atom stereocenters. The molecule has 2 nitrogen and oxygen atoms in total. The van der Waals surface area contributed by atoms with Gasteiger partial charge >= 0.3 is 5.97 Å². The molecule has 0 fully saturated rings. The summed E-state index contributed by atoms with van der Waals surface area (Å²) in [6.07, 6.45) is 0.812. The average Bonchev–Trinajstić information content (AvgIpc) is 1.59. The second-order valence-corrected chi connectivity index (χ2v) is 3.25. The first kappa shape index (κ1) is 9.47. The number of ether oxygens (including phenoxy) is 1. The highest BCUT2D eigenvalue weighted by molar-refractivity contribution is 5.65. The van der Waals surface area contributed by atoms with Crippen LogP contribution in [0.2, 0.25) is 0 Å². The van der Waals surface area contributed by atoms with Crippen LogP contribution in [0.15, 0.2) is 0 Å². The second-order valence-electron chi connectivity index (χ2n) is 3.25. The van der Waals surface area contributed by atoms with E-state index in [-0.39, 0.29) is 11.4 Å². The van der Waals surface area contributed by atoms with Gasteiger partial charge in [-0.05, 0) is 18.8 Å². The van der Waals surface area contributed by atoms with Crippen molar-refractivity contribution in [1.82, 2.24) is 0 Å². The fourth-order valence-corrected chi connectivity index (χ4v) is 0.471. The van der Waals surface area contributed by atoms with Gasteiger partial charge in [0.1, 0.15) is 0 Å². The zero-order valence-electron chi connectivity index (χ0n) is 6.94. The molecule has 0 bridgehead atoms. The lowest BCUT2D eigenvalue weighted by atomic mass is 9.93. The van der Waals surface area contributed by atoms with Crippen LogP contribution in [0.4, 0.5) is 0 Å². The number of hydrogen-bond acceptors (Lipinski definition) is 2. The van der Waals surface area contributed by atoms with Gasteiger partial charge < -0.3 is 4.74 Å². The number of carbonyl (C=O) groups is 1. The fraction of sp³-hybridized carbons (Fsp3) is 0.750. The van der Waals surface area contributed by atoms with E-state index in [0.29, 0.717) is 6.61 Å². The van der Waals surface area contributed by atoms with Crippen LogP contribution >= 0.6 is 0 Å². The van der Waals surface area contributed by atoms with Crippen LogP contribution in [0.25, 0.3) is 0 Å². The highest BCUT2D eigenvalue weighted by atomic mass is 16.5. The molecular weight excluding hydrogens is 128 g/mol.